The molecular formula is C18H18O2. The van der Waals surface area contributed by atoms with Gasteiger partial charge in [0.2, 0.25) is 0 Å². The first-order valence-electron chi connectivity index (χ1n) is 6.85. The summed E-state index contributed by atoms with van der Waals surface area (Å²) >= 11 is 0. The maximum Gasteiger partial charge on any atom is 0.150 e. The second-order valence-corrected chi connectivity index (χ2v) is 6.08. The number of carbonyl (C=O) groups is 1. The number of hydrogen-bond acceptors (Lipinski definition) is 2. The number of aldehydes is 1. The van der Waals surface area contributed by atoms with Crippen LogP contribution in [0.1, 0.15) is 35.3 Å². The molecule has 0 saturated carbocycles. The van der Waals surface area contributed by atoms with Gasteiger partial charge in [-0.1, -0.05) is 32.0 Å². The topological polar surface area (TPSA) is 26.3 Å². The Balaban J connectivity index is 2.10. The van der Waals surface area contributed by atoms with Crippen LogP contribution in [0.2, 0.25) is 0 Å². The molecule has 0 saturated heterocycles. The summed E-state index contributed by atoms with van der Waals surface area (Å²) < 4.78 is 5.73. The molecule has 20 heavy (non-hydrogen) atoms. The molecule has 0 aliphatic carbocycles. The van der Waals surface area contributed by atoms with Crippen molar-refractivity contribution in [2.75, 3.05) is 6.61 Å². The van der Waals surface area contributed by atoms with Gasteiger partial charge in [0.15, 0.2) is 0 Å². The number of aryl methyl sites for hydroxylation is 1. The van der Waals surface area contributed by atoms with Crippen molar-refractivity contribution in [1.82, 2.24) is 0 Å². The van der Waals surface area contributed by atoms with E-state index in [0.717, 1.165) is 29.8 Å². The number of hydrogen-bond donors (Lipinski definition) is 0. The highest BCUT2D eigenvalue weighted by molar-refractivity contribution is 5.79. The van der Waals surface area contributed by atoms with Crippen molar-refractivity contribution in [1.29, 1.82) is 0 Å². The minimum Gasteiger partial charge on any atom is -0.492 e. The fourth-order valence-electron chi connectivity index (χ4n) is 2.77. The predicted molar refractivity (Wildman–Crippen MR) is 80.5 cm³/mol. The largest absolute Gasteiger partial charge is 0.492 e. The SMILES string of the molecule is Cc1cc(C=O)ccc1-c1ccc2c(c1)C(C)(C)CO2. The summed E-state index contributed by atoms with van der Waals surface area (Å²) in [5, 5.41) is 0. The molecule has 1 heterocycles. The van der Waals surface area contributed by atoms with Crippen LogP contribution >= 0.6 is 0 Å². The van der Waals surface area contributed by atoms with Crippen LogP contribution in [0.15, 0.2) is 36.4 Å². The average Bonchev–Trinajstić information content (AvgIpc) is 2.74. The molecule has 0 spiro atoms. The average molecular weight is 266 g/mol. The number of carbonyl (C=O) groups excluding carboxylic acids is 1. The van der Waals surface area contributed by atoms with Crippen molar-refractivity contribution in [2.45, 2.75) is 26.2 Å². The van der Waals surface area contributed by atoms with Crippen molar-refractivity contribution in [3.63, 3.8) is 0 Å². The van der Waals surface area contributed by atoms with Gasteiger partial charge in [0.1, 0.15) is 12.0 Å². The molecule has 1 aliphatic rings. The van der Waals surface area contributed by atoms with Crippen LogP contribution in [-0.2, 0) is 5.41 Å². The van der Waals surface area contributed by atoms with Crippen LogP contribution in [-0.4, -0.2) is 12.9 Å². The Bertz CT molecular complexity index is 684. The Morgan fingerprint density at radius 3 is 2.65 bits per heavy atom. The van der Waals surface area contributed by atoms with Crippen molar-refractivity contribution < 1.29 is 9.53 Å². The van der Waals surface area contributed by atoms with Crippen LogP contribution in [0.3, 0.4) is 0 Å². The van der Waals surface area contributed by atoms with E-state index in [2.05, 4.69) is 26.0 Å². The van der Waals surface area contributed by atoms with Gasteiger partial charge >= 0.3 is 0 Å². The zero-order valence-corrected chi connectivity index (χ0v) is 12.1. The summed E-state index contributed by atoms with van der Waals surface area (Å²) in [6, 6.07) is 12.2. The molecule has 3 rings (SSSR count). The highest BCUT2D eigenvalue weighted by Gasteiger charge is 2.31. The Hall–Kier alpha value is -2.09. The summed E-state index contributed by atoms with van der Waals surface area (Å²) in [5.41, 5.74) is 5.50. The fraction of sp³-hybridized carbons (Fsp3) is 0.278. The van der Waals surface area contributed by atoms with Crippen molar-refractivity contribution in [2.24, 2.45) is 0 Å². The molecule has 2 heteroatoms. The lowest BCUT2D eigenvalue weighted by molar-refractivity contribution is 0.112. The minimum absolute atomic E-state index is 0.0575. The Kier molecular flexibility index (Phi) is 2.89. The van der Waals surface area contributed by atoms with Gasteiger partial charge in [0.05, 0.1) is 6.61 Å². The summed E-state index contributed by atoms with van der Waals surface area (Å²) in [6.07, 6.45) is 0.885. The molecule has 2 aromatic carbocycles. The molecule has 0 amide bonds. The van der Waals surface area contributed by atoms with E-state index in [-0.39, 0.29) is 5.41 Å². The molecule has 0 aromatic heterocycles. The molecule has 0 unspecified atom stereocenters. The lowest BCUT2D eigenvalue weighted by Gasteiger charge is -2.16. The maximum absolute atomic E-state index is 10.8. The van der Waals surface area contributed by atoms with E-state index in [4.69, 9.17) is 4.74 Å². The first-order valence-corrected chi connectivity index (χ1v) is 6.85. The quantitative estimate of drug-likeness (QED) is 0.763. The molecule has 0 fully saturated rings. The first-order chi connectivity index (χ1) is 9.51. The van der Waals surface area contributed by atoms with Gasteiger partial charge in [0.25, 0.3) is 0 Å². The molecule has 0 N–H and O–H groups in total. The van der Waals surface area contributed by atoms with Gasteiger partial charge in [-0.15, -0.1) is 0 Å². The monoisotopic (exact) mass is 266 g/mol. The third-order valence-electron chi connectivity index (χ3n) is 3.99. The second kappa shape index (κ2) is 4.48. The third kappa shape index (κ3) is 2.01. The van der Waals surface area contributed by atoms with Crippen LogP contribution < -0.4 is 4.74 Å². The van der Waals surface area contributed by atoms with Crippen molar-refractivity contribution in [3.05, 3.63) is 53.1 Å². The molecular weight excluding hydrogens is 248 g/mol. The van der Waals surface area contributed by atoms with E-state index in [0.29, 0.717) is 0 Å². The Morgan fingerprint density at radius 2 is 1.95 bits per heavy atom. The van der Waals surface area contributed by atoms with Gasteiger partial charge in [-0.05, 0) is 41.8 Å². The van der Waals surface area contributed by atoms with E-state index >= 15 is 0 Å². The second-order valence-electron chi connectivity index (χ2n) is 6.08. The third-order valence-corrected chi connectivity index (χ3v) is 3.99. The lowest BCUT2D eigenvalue weighted by atomic mass is 9.85. The van der Waals surface area contributed by atoms with Gasteiger partial charge in [-0.3, -0.25) is 4.79 Å². The van der Waals surface area contributed by atoms with Gasteiger partial charge in [0, 0.05) is 16.5 Å². The molecule has 1 aliphatic heterocycles. The Labute approximate surface area is 119 Å². The highest BCUT2D eigenvalue weighted by atomic mass is 16.5. The lowest BCUT2D eigenvalue weighted by Crippen LogP contribution is -2.18. The van der Waals surface area contributed by atoms with Gasteiger partial charge < -0.3 is 4.74 Å². The van der Waals surface area contributed by atoms with Crippen LogP contribution in [0.4, 0.5) is 0 Å². The molecule has 0 bridgehead atoms. The first kappa shape index (κ1) is 12.9. The van der Waals surface area contributed by atoms with E-state index in [1.54, 1.807) is 0 Å². The van der Waals surface area contributed by atoms with E-state index in [1.165, 1.54) is 16.7 Å². The molecule has 0 atom stereocenters. The van der Waals surface area contributed by atoms with Crippen LogP contribution in [0.25, 0.3) is 11.1 Å². The molecule has 0 radical (unpaired) electrons. The van der Waals surface area contributed by atoms with E-state index in [1.807, 2.05) is 31.2 Å². The summed E-state index contributed by atoms with van der Waals surface area (Å²) in [7, 11) is 0. The van der Waals surface area contributed by atoms with Gasteiger partial charge in [-0.2, -0.15) is 0 Å². The number of rotatable bonds is 2. The number of fused-ring (bicyclic) bond motifs is 1. The summed E-state index contributed by atoms with van der Waals surface area (Å²) in [4.78, 5) is 10.8. The standard InChI is InChI=1S/C18H18O2/c1-12-8-13(10-19)4-6-15(12)14-5-7-17-16(9-14)18(2,3)11-20-17/h4-10H,11H2,1-3H3. The fourth-order valence-corrected chi connectivity index (χ4v) is 2.77. The highest BCUT2D eigenvalue weighted by Crippen LogP contribution is 2.40. The normalized spacial score (nSPS) is 15.6. The van der Waals surface area contributed by atoms with Crippen molar-refractivity contribution >= 4 is 6.29 Å². The van der Waals surface area contributed by atoms with Gasteiger partial charge in [-0.25, -0.2) is 0 Å². The van der Waals surface area contributed by atoms with E-state index < -0.39 is 0 Å². The maximum atomic E-state index is 10.8. The molecule has 102 valence electrons. The van der Waals surface area contributed by atoms with Crippen LogP contribution in [0, 0.1) is 6.92 Å². The molecule has 2 aromatic rings. The van der Waals surface area contributed by atoms with E-state index in [9.17, 15) is 4.79 Å². The zero-order chi connectivity index (χ0) is 14.3. The van der Waals surface area contributed by atoms with Crippen molar-refractivity contribution in [3.8, 4) is 16.9 Å². The zero-order valence-electron chi connectivity index (χ0n) is 12.1. The Morgan fingerprint density at radius 1 is 1.15 bits per heavy atom. The molecule has 2 nitrogen and oxygen atoms in total. The predicted octanol–water partition coefficient (Wildman–Crippen LogP) is 4.14. The number of benzene rings is 2. The smallest absolute Gasteiger partial charge is 0.150 e. The summed E-state index contributed by atoms with van der Waals surface area (Å²) in [5.74, 6) is 0.987. The number of ether oxygens (including phenoxy) is 1. The summed E-state index contributed by atoms with van der Waals surface area (Å²) in [6.45, 7) is 7.17. The minimum atomic E-state index is 0.0575. The van der Waals surface area contributed by atoms with Crippen LogP contribution in [0.5, 0.6) is 5.75 Å².